The number of nitrogens with zero attached hydrogens (tertiary/aromatic N) is 2. The number of aryl methyl sites for hydroxylation is 1. The van der Waals surface area contributed by atoms with Gasteiger partial charge in [0.1, 0.15) is 5.02 Å². The van der Waals surface area contributed by atoms with E-state index in [4.69, 9.17) is 17.3 Å². The number of hydrogen-bond acceptors (Lipinski definition) is 4. The van der Waals surface area contributed by atoms with E-state index in [-0.39, 0.29) is 23.0 Å². The highest BCUT2D eigenvalue weighted by molar-refractivity contribution is 6.32. The summed E-state index contributed by atoms with van der Waals surface area (Å²) in [4.78, 5) is 22.7. The second kappa shape index (κ2) is 7.13. The third kappa shape index (κ3) is 4.55. The maximum atomic E-state index is 11.9. The SMILES string of the molecule is CCCCn1ncc(NC(C)CC(N)=O)c(Cl)c1=O. The minimum atomic E-state index is -0.416. The summed E-state index contributed by atoms with van der Waals surface area (Å²) in [6.07, 6.45) is 3.50. The van der Waals surface area contributed by atoms with Crippen LogP contribution in [0, 0.1) is 0 Å². The van der Waals surface area contributed by atoms with Crippen molar-refractivity contribution >= 4 is 23.2 Å². The molecule has 6 nitrogen and oxygen atoms in total. The van der Waals surface area contributed by atoms with E-state index in [1.807, 2.05) is 6.92 Å². The van der Waals surface area contributed by atoms with Gasteiger partial charge in [-0.2, -0.15) is 5.10 Å². The summed E-state index contributed by atoms with van der Waals surface area (Å²) in [6.45, 7) is 4.37. The maximum absolute atomic E-state index is 11.9. The molecular weight excluding hydrogens is 268 g/mol. The Morgan fingerprint density at radius 3 is 2.89 bits per heavy atom. The van der Waals surface area contributed by atoms with Crippen LogP contribution in [-0.4, -0.2) is 21.7 Å². The number of aromatic nitrogens is 2. The van der Waals surface area contributed by atoms with Gasteiger partial charge in [0.05, 0.1) is 11.9 Å². The summed E-state index contributed by atoms with van der Waals surface area (Å²) in [7, 11) is 0. The molecule has 1 unspecified atom stereocenters. The monoisotopic (exact) mass is 286 g/mol. The number of hydrogen-bond donors (Lipinski definition) is 2. The van der Waals surface area contributed by atoms with Crippen molar-refractivity contribution in [1.29, 1.82) is 0 Å². The van der Waals surface area contributed by atoms with Crippen LogP contribution in [-0.2, 0) is 11.3 Å². The zero-order valence-electron chi connectivity index (χ0n) is 11.1. The van der Waals surface area contributed by atoms with Crippen LogP contribution < -0.4 is 16.6 Å². The molecule has 0 saturated carbocycles. The number of unbranched alkanes of at least 4 members (excludes halogenated alkanes) is 1. The first-order valence-corrected chi connectivity index (χ1v) is 6.64. The molecule has 3 N–H and O–H groups in total. The van der Waals surface area contributed by atoms with Gasteiger partial charge in [-0.3, -0.25) is 9.59 Å². The highest BCUT2D eigenvalue weighted by Crippen LogP contribution is 2.17. The number of carbonyl (C=O) groups excluding carboxylic acids is 1. The van der Waals surface area contributed by atoms with Crippen LogP contribution in [0.5, 0.6) is 0 Å². The fraction of sp³-hybridized carbons (Fsp3) is 0.583. The van der Waals surface area contributed by atoms with Crippen LogP contribution in [0.4, 0.5) is 5.69 Å². The summed E-state index contributed by atoms with van der Waals surface area (Å²) < 4.78 is 1.34. The second-order valence-electron chi connectivity index (χ2n) is 4.47. The van der Waals surface area contributed by atoms with Gasteiger partial charge in [-0.05, 0) is 13.3 Å². The van der Waals surface area contributed by atoms with E-state index in [0.29, 0.717) is 12.2 Å². The van der Waals surface area contributed by atoms with Crippen LogP contribution in [0.1, 0.15) is 33.1 Å². The van der Waals surface area contributed by atoms with Crippen molar-refractivity contribution in [1.82, 2.24) is 9.78 Å². The Hall–Kier alpha value is -1.56. The number of amides is 1. The Balaban J connectivity index is 2.84. The topological polar surface area (TPSA) is 90.0 Å². The highest BCUT2D eigenvalue weighted by Gasteiger charge is 2.12. The van der Waals surface area contributed by atoms with Crippen molar-refractivity contribution in [3.63, 3.8) is 0 Å². The van der Waals surface area contributed by atoms with E-state index < -0.39 is 5.91 Å². The molecule has 1 rings (SSSR count). The molecule has 7 heteroatoms. The highest BCUT2D eigenvalue weighted by atomic mass is 35.5. The number of nitrogens with one attached hydrogen (secondary N) is 1. The summed E-state index contributed by atoms with van der Waals surface area (Å²) in [5.41, 5.74) is 5.20. The normalized spacial score (nSPS) is 12.2. The second-order valence-corrected chi connectivity index (χ2v) is 4.85. The van der Waals surface area contributed by atoms with Crippen LogP contribution >= 0.6 is 11.6 Å². The molecule has 0 saturated heterocycles. The van der Waals surface area contributed by atoms with Crippen molar-refractivity contribution in [2.24, 2.45) is 5.73 Å². The molecule has 106 valence electrons. The van der Waals surface area contributed by atoms with Gasteiger partial charge in [0.2, 0.25) is 5.91 Å². The minimum Gasteiger partial charge on any atom is -0.379 e. The Morgan fingerprint density at radius 2 is 2.32 bits per heavy atom. The number of nitrogens with two attached hydrogens (primary N) is 1. The van der Waals surface area contributed by atoms with Crippen molar-refractivity contribution < 1.29 is 4.79 Å². The largest absolute Gasteiger partial charge is 0.379 e. The number of primary amides is 1. The Bertz CT molecular complexity index is 501. The summed E-state index contributed by atoms with van der Waals surface area (Å²) >= 11 is 6.01. The zero-order chi connectivity index (χ0) is 14.4. The van der Waals surface area contributed by atoms with Gasteiger partial charge in [-0.1, -0.05) is 24.9 Å². The number of anilines is 1. The molecular formula is C12H19ClN4O2. The molecule has 1 atom stereocenters. The zero-order valence-corrected chi connectivity index (χ0v) is 11.9. The molecule has 0 radical (unpaired) electrons. The Kier molecular flexibility index (Phi) is 5.82. The van der Waals surface area contributed by atoms with E-state index >= 15 is 0 Å². The third-order valence-corrected chi connectivity index (χ3v) is 2.98. The van der Waals surface area contributed by atoms with Crippen LogP contribution in [0.15, 0.2) is 11.0 Å². The first-order chi connectivity index (χ1) is 8.95. The predicted molar refractivity (Wildman–Crippen MR) is 75.3 cm³/mol. The van der Waals surface area contributed by atoms with Crippen LogP contribution in [0.25, 0.3) is 0 Å². The molecule has 0 fully saturated rings. The maximum Gasteiger partial charge on any atom is 0.287 e. The van der Waals surface area contributed by atoms with Crippen LogP contribution in [0.3, 0.4) is 0 Å². The quantitative estimate of drug-likeness (QED) is 0.792. The molecule has 1 heterocycles. The lowest BCUT2D eigenvalue weighted by atomic mass is 10.2. The molecule has 1 aromatic heterocycles. The molecule has 1 amide bonds. The first kappa shape index (κ1) is 15.5. The van der Waals surface area contributed by atoms with Crippen LogP contribution in [0.2, 0.25) is 5.02 Å². The number of halogens is 1. The predicted octanol–water partition coefficient (Wildman–Crippen LogP) is 1.37. The lowest BCUT2D eigenvalue weighted by molar-refractivity contribution is -0.118. The van der Waals surface area contributed by atoms with E-state index in [0.717, 1.165) is 12.8 Å². The standard InChI is InChI=1S/C12H19ClN4O2/c1-3-4-5-17-12(19)11(13)9(7-15-17)16-8(2)6-10(14)18/h7-8,16H,3-6H2,1-2H3,(H2,14,18). The number of rotatable bonds is 7. The summed E-state index contributed by atoms with van der Waals surface area (Å²) in [6, 6.07) is -0.206. The molecule has 0 aliphatic carbocycles. The lowest BCUT2D eigenvalue weighted by Crippen LogP contribution is -2.28. The molecule has 0 aliphatic heterocycles. The third-order valence-electron chi connectivity index (χ3n) is 2.62. The van der Waals surface area contributed by atoms with Crippen molar-refractivity contribution in [3.8, 4) is 0 Å². The Morgan fingerprint density at radius 1 is 1.63 bits per heavy atom. The molecule has 0 spiro atoms. The van der Waals surface area contributed by atoms with Gasteiger partial charge in [0.25, 0.3) is 5.56 Å². The summed E-state index contributed by atoms with van der Waals surface area (Å²) in [5, 5.41) is 7.09. The van der Waals surface area contributed by atoms with Gasteiger partial charge >= 0.3 is 0 Å². The van der Waals surface area contributed by atoms with Gasteiger partial charge in [0, 0.05) is 19.0 Å². The van der Waals surface area contributed by atoms with Gasteiger partial charge in [-0.25, -0.2) is 4.68 Å². The lowest BCUT2D eigenvalue weighted by Gasteiger charge is -2.15. The number of carbonyl (C=O) groups is 1. The van der Waals surface area contributed by atoms with Crippen molar-refractivity contribution in [2.45, 2.75) is 45.7 Å². The van der Waals surface area contributed by atoms with Gasteiger partial charge in [0.15, 0.2) is 0 Å². The fourth-order valence-corrected chi connectivity index (χ4v) is 1.85. The fourth-order valence-electron chi connectivity index (χ4n) is 1.65. The van der Waals surface area contributed by atoms with E-state index in [1.54, 1.807) is 6.92 Å². The molecule has 0 aromatic carbocycles. The molecule has 0 aliphatic rings. The van der Waals surface area contributed by atoms with Crippen molar-refractivity contribution in [3.05, 3.63) is 21.6 Å². The average molecular weight is 287 g/mol. The van der Waals surface area contributed by atoms with E-state index in [2.05, 4.69) is 10.4 Å². The molecule has 0 bridgehead atoms. The Labute approximate surface area is 116 Å². The van der Waals surface area contributed by atoms with Gasteiger partial charge < -0.3 is 11.1 Å². The van der Waals surface area contributed by atoms with E-state index in [9.17, 15) is 9.59 Å². The average Bonchev–Trinajstić information content (AvgIpc) is 2.33. The van der Waals surface area contributed by atoms with Gasteiger partial charge in [-0.15, -0.1) is 0 Å². The molecule has 19 heavy (non-hydrogen) atoms. The van der Waals surface area contributed by atoms with E-state index in [1.165, 1.54) is 10.9 Å². The first-order valence-electron chi connectivity index (χ1n) is 6.26. The van der Waals surface area contributed by atoms with Crippen molar-refractivity contribution in [2.75, 3.05) is 5.32 Å². The smallest absolute Gasteiger partial charge is 0.287 e. The molecule has 1 aromatic rings. The minimum absolute atomic E-state index is 0.0856. The summed E-state index contributed by atoms with van der Waals surface area (Å²) in [5.74, 6) is -0.416.